The zero-order valence-electron chi connectivity index (χ0n) is 15.4. The van der Waals surface area contributed by atoms with Crippen molar-refractivity contribution in [2.45, 2.75) is 6.10 Å². The van der Waals surface area contributed by atoms with Crippen LogP contribution in [0.2, 0.25) is 0 Å². The number of nitrogens with zero attached hydrogens (tertiary/aromatic N) is 2. The van der Waals surface area contributed by atoms with Crippen LogP contribution in [0.25, 0.3) is 6.08 Å². The highest BCUT2D eigenvalue weighted by atomic mass is 16.5. The monoisotopic (exact) mass is 366 g/mol. The minimum atomic E-state index is -0.551. The molecule has 1 unspecified atom stereocenters. The van der Waals surface area contributed by atoms with E-state index in [0.717, 1.165) is 24.4 Å². The molecule has 2 aromatic rings. The molecule has 1 saturated heterocycles. The van der Waals surface area contributed by atoms with Crippen LogP contribution in [0.3, 0.4) is 0 Å². The van der Waals surface area contributed by atoms with Gasteiger partial charge in [-0.25, -0.2) is 0 Å². The number of carbonyl (C=O) groups is 1. The summed E-state index contributed by atoms with van der Waals surface area (Å²) < 4.78 is 5.59. The molecule has 0 bridgehead atoms. The summed E-state index contributed by atoms with van der Waals surface area (Å²) in [5.41, 5.74) is 1.02. The molecular formula is C22H26N2O3. The van der Waals surface area contributed by atoms with Crippen LogP contribution in [0, 0.1) is 0 Å². The van der Waals surface area contributed by atoms with Gasteiger partial charge in [-0.1, -0.05) is 48.5 Å². The molecule has 0 radical (unpaired) electrons. The van der Waals surface area contributed by atoms with E-state index >= 15 is 0 Å². The van der Waals surface area contributed by atoms with Crippen LogP contribution >= 0.6 is 0 Å². The molecule has 1 fully saturated rings. The van der Waals surface area contributed by atoms with E-state index in [1.165, 1.54) is 0 Å². The van der Waals surface area contributed by atoms with Crippen molar-refractivity contribution in [3.63, 3.8) is 0 Å². The molecule has 1 heterocycles. The molecule has 142 valence electrons. The van der Waals surface area contributed by atoms with E-state index < -0.39 is 6.10 Å². The third-order valence-electron chi connectivity index (χ3n) is 4.56. The van der Waals surface area contributed by atoms with Gasteiger partial charge in [0.1, 0.15) is 18.5 Å². The van der Waals surface area contributed by atoms with Crippen molar-refractivity contribution in [2.24, 2.45) is 0 Å². The van der Waals surface area contributed by atoms with Gasteiger partial charge in [-0.05, 0) is 23.8 Å². The first kappa shape index (κ1) is 19.1. The number of β-amino-alcohol motifs (C(OH)–C–C–N with tert-alkyl or cyclic N) is 1. The highest BCUT2D eigenvalue weighted by molar-refractivity contribution is 5.91. The van der Waals surface area contributed by atoms with Gasteiger partial charge in [0.15, 0.2) is 0 Å². The van der Waals surface area contributed by atoms with Gasteiger partial charge < -0.3 is 14.7 Å². The number of benzene rings is 2. The van der Waals surface area contributed by atoms with E-state index in [-0.39, 0.29) is 12.5 Å². The highest BCUT2D eigenvalue weighted by Crippen LogP contribution is 2.10. The molecule has 0 aromatic heterocycles. The molecule has 2 aromatic carbocycles. The standard InChI is InChI=1S/C22H26N2O3/c25-20(18-27-21-9-5-2-6-10-21)17-23-13-15-24(16-14-23)22(26)12-11-19-7-3-1-4-8-19/h1-12,20,25H,13-18H2/b12-11+. The number of para-hydroxylation sites is 1. The minimum Gasteiger partial charge on any atom is -0.491 e. The Bertz CT molecular complexity index is 726. The number of carbonyl (C=O) groups excluding carboxylic acids is 1. The Morgan fingerprint density at radius 1 is 1.00 bits per heavy atom. The van der Waals surface area contributed by atoms with Crippen LogP contribution in [0.1, 0.15) is 5.56 Å². The number of amides is 1. The number of aliphatic hydroxyl groups excluding tert-OH is 1. The number of ether oxygens (including phenoxy) is 1. The quantitative estimate of drug-likeness (QED) is 0.764. The zero-order valence-corrected chi connectivity index (χ0v) is 15.4. The maximum absolute atomic E-state index is 12.3. The fourth-order valence-corrected chi connectivity index (χ4v) is 3.05. The molecule has 5 heteroatoms. The summed E-state index contributed by atoms with van der Waals surface area (Å²) in [6.07, 6.45) is 2.93. The molecule has 1 aliphatic heterocycles. The fourth-order valence-electron chi connectivity index (χ4n) is 3.05. The first-order valence-corrected chi connectivity index (χ1v) is 9.31. The van der Waals surface area contributed by atoms with E-state index in [9.17, 15) is 9.90 Å². The molecule has 0 spiro atoms. The molecular weight excluding hydrogens is 340 g/mol. The highest BCUT2D eigenvalue weighted by Gasteiger charge is 2.21. The van der Waals surface area contributed by atoms with Gasteiger partial charge in [-0.3, -0.25) is 9.69 Å². The Morgan fingerprint density at radius 2 is 1.63 bits per heavy atom. The molecule has 1 aliphatic rings. The lowest BCUT2D eigenvalue weighted by Crippen LogP contribution is -2.50. The first-order chi connectivity index (χ1) is 13.2. The SMILES string of the molecule is O=C(/C=C/c1ccccc1)N1CCN(CC(O)COc2ccccc2)CC1. The summed E-state index contributed by atoms with van der Waals surface area (Å²) in [7, 11) is 0. The van der Waals surface area contributed by atoms with E-state index in [2.05, 4.69) is 4.90 Å². The lowest BCUT2D eigenvalue weighted by Gasteiger charge is -2.35. The fraction of sp³-hybridized carbons (Fsp3) is 0.318. The van der Waals surface area contributed by atoms with Crippen LogP contribution in [-0.2, 0) is 4.79 Å². The van der Waals surface area contributed by atoms with Crippen molar-refractivity contribution in [3.8, 4) is 5.75 Å². The van der Waals surface area contributed by atoms with Crippen molar-refractivity contribution in [1.82, 2.24) is 9.80 Å². The van der Waals surface area contributed by atoms with Gasteiger partial charge in [-0.2, -0.15) is 0 Å². The number of piperazine rings is 1. The summed E-state index contributed by atoms with van der Waals surface area (Å²) in [4.78, 5) is 16.3. The molecule has 1 amide bonds. The van der Waals surface area contributed by atoms with Gasteiger partial charge in [-0.15, -0.1) is 0 Å². The van der Waals surface area contributed by atoms with Crippen LogP contribution in [0.15, 0.2) is 66.7 Å². The Balaban J connectivity index is 1.38. The van der Waals surface area contributed by atoms with Crippen molar-refractivity contribution in [1.29, 1.82) is 0 Å². The largest absolute Gasteiger partial charge is 0.491 e. The predicted molar refractivity (Wildman–Crippen MR) is 106 cm³/mol. The van der Waals surface area contributed by atoms with E-state index in [4.69, 9.17) is 4.74 Å². The summed E-state index contributed by atoms with van der Waals surface area (Å²) >= 11 is 0. The molecule has 27 heavy (non-hydrogen) atoms. The third-order valence-corrected chi connectivity index (χ3v) is 4.56. The van der Waals surface area contributed by atoms with Gasteiger partial charge in [0.2, 0.25) is 5.91 Å². The van der Waals surface area contributed by atoms with Gasteiger partial charge >= 0.3 is 0 Å². The minimum absolute atomic E-state index is 0.0338. The molecule has 1 atom stereocenters. The maximum atomic E-state index is 12.3. The van der Waals surface area contributed by atoms with Crippen LogP contribution in [0.5, 0.6) is 5.75 Å². The second kappa shape index (κ2) is 9.90. The normalized spacial score (nSPS) is 16.4. The molecule has 0 saturated carbocycles. The van der Waals surface area contributed by atoms with Gasteiger partial charge in [0.05, 0.1) is 0 Å². The predicted octanol–water partition coefficient (Wildman–Crippen LogP) is 2.28. The third kappa shape index (κ3) is 6.24. The maximum Gasteiger partial charge on any atom is 0.246 e. The Hall–Kier alpha value is -2.63. The molecule has 3 rings (SSSR count). The zero-order chi connectivity index (χ0) is 18.9. The summed E-state index contributed by atoms with van der Waals surface area (Å²) in [5, 5.41) is 10.2. The molecule has 0 aliphatic carbocycles. The lowest BCUT2D eigenvalue weighted by atomic mass is 10.2. The Morgan fingerprint density at radius 3 is 2.30 bits per heavy atom. The summed E-state index contributed by atoms with van der Waals surface area (Å²) in [6.45, 7) is 3.67. The second-order valence-electron chi connectivity index (χ2n) is 6.65. The lowest BCUT2D eigenvalue weighted by molar-refractivity contribution is -0.127. The molecule has 5 nitrogen and oxygen atoms in total. The number of rotatable bonds is 7. The first-order valence-electron chi connectivity index (χ1n) is 9.31. The number of hydrogen-bond donors (Lipinski definition) is 1. The van der Waals surface area contributed by atoms with Gasteiger partial charge in [0, 0.05) is 38.8 Å². The smallest absolute Gasteiger partial charge is 0.246 e. The van der Waals surface area contributed by atoms with E-state index in [1.807, 2.05) is 71.6 Å². The number of hydrogen-bond acceptors (Lipinski definition) is 4. The second-order valence-corrected chi connectivity index (χ2v) is 6.65. The van der Waals surface area contributed by atoms with Crippen molar-refractivity contribution in [2.75, 3.05) is 39.3 Å². The van der Waals surface area contributed by atoms with Crippen molar-refractivity contribution < 1.29 is 14.6 Å². The van der Waals surface area contributed by atoms with E-state index in [1.54, 1.807) is 6.08 Å². The van der Waals surface area contributed by atoms with Crippen LogP contribution in [0.4, 0.5) is 0 Å². The van der Waals surface area contributed by atoms with Gasteiger partial charge in [0.25, 0.3) is 0 Å². The van der Waals surface area contributed by atoms with Crippen LogP contribution < -0.4 is 4.74 Å². The van der Waals surface area contributed by atoms with E-state index in [0.29, 0.717) is 19.6 Å². The topological polar surface area (TPSA) is 53.0 Å². The Labute approximate surface area is 160 Å². The summed E-state index contributed by atoms with van der Waals surface area (Å²) in [5.74, 6) is 0.795. The average Bonchev–Trinajstić information content (AvgIpc) is 2.72. The molecule has 1 N–H and O–H groups in total. The van der Waals surface area contributed by atoms with Crippen molar-refractivity contribution >= 4 is 12.0 Å². The Kier molecular flexibility index (Phi) is 7.02. The van der Waals surface area contributed by atoms with Crippen LogP contribution in [-0.4, -0.2) is 66.2 Å². The summed E-state index contributed by atoms with van der Waals surface area (Å²) in [6, 6.07) is 19.3. The van der Waals surface area contributed by atoms with Crippen molar-refractivity contribution in [3.05, 3.63) is 72.3 Å². The average molecular weight is 366 g/mol. The number of aliphatic hydroxyl groups is 1.